The van der Waals surface area contributed by atoms with Crippen molar-refractivity contribution in [2.75, 3.05) is 12.3 Å². The summed E-state index contributed by atoms with van der Waals surface area (Å²) in [6.45, 7) is 2.87. The number of nitrogens with zero attached hydrogens (tertiary/aromatic N) is 1. The molecule has 0 atom stereocenters. The van der Waals surface area contributed by atoms with Gasteiger partial charge in [-0.25, -0.2) is 0 Å². The molecule has 0 unspecified atom stereocenters. The molecule has 0 saturated heterocycles. The number of nitrogen functional groups attached to an aromatic ring is 1. The van der Waals surface area contributed by atoms with Gasteiger partial charge in [-0.3, -0.25) is 4.79 Å². The summed E-state index contributed by atoms with van der Waals surface area (Å²) in [5.74, 6) is 0.0272. The number of carbonyl (C=O) groups is 1. The maximum atomic E-state index is 12.3. The Labute approximate surface area is 107 Å². The molecular formula is C13H17ClN2O. The summed E-state index contributed by atoms with van der Waals surface area (Å²) < 4.78 is 0. The summed E-state index contributed by atoms with van der Waals surface area (Å²) in [6, 6.07) is 5.48. The number of benzene rings is 1. The Morgan fingerprint density at radius 3 is 2.76 bits per heavy atom. The van der Waals surface area contributed by atoms with Crippen LogP contribution in [0.15, 0.2) is 18.2 Å². The molecule has 0 spiro atoms. The van der Waals surface area contributed by atoms with E-state index in [4.69, 9.17) is 17.3 Å². The smallest absolute Gasteiger partial charge is 0.255 e. The van der Waals surface area contributed by atoms with E-state index in [1.807, 2.05) is 4.90 Å². The van der Waals surface area contributed by atoms with Crippen LogP contribution in [-0.2, 0) is 0 Å². The molecule has 1 aliphatic rings. The van der Waals surface area contributed by atoms with E-state index in [-0.39, 0.29) is 5.91 Å². The molecule has 1 amide bonds. The number of anilines is 1. The lowest BCUT2D eigenvalue weighted by Gasteiger charge is -2.22. The Hall–Kier alpha value is -1.22. The summed E-state index contributed by atoms with van der Waals surface area (Å²) in [5, 5.41) is 0.441. The lowest BCUT2D eigenvalue weighted by atomic mass is 10.1. The zero-order valence-corrected chi connectivity index (χ0v) is 10.7. The normalized spacial score (nSPS) is 14.7. The molecule has 3 nitrogen and oxygen atoms in total. The minimum atomic E-state index is 0.0272. The maximum Gasteiger partial charge on any atom is 0.255 e. The summed E-state index contributed by atoms with van der Waals surface area (Å²) in [7, 11) is 0. The van der Waals surface area contributed by atoms with Crippen LogP contribution in [0.5, 0.6) is 0 Å². The van der Waals surface area contributed by atoms with E-state index < -0.39 is 0 Å². The largest absolute Gasteiger partial charge is 0.399 e. The second kappa shape index (κ2) is 4.96. The molecule has 92 valence electrons. The van der Waals surface area contributed by atoms with E-state index in [1.54, 1.807) is 18.2 Å². The van der Waals surface area contributed by atoms with Crippen molar-refractivity contribution in [1.82, 2.24) is 4.90 Å². The highest BCUT2D eigenvalue weighted by molar-refractivity contribution is 6.34. The molecule has 1 aliphatic carbocycles. The zero-order chi connectivity index (χ0) is 12.4. The molecule has 0 heterocycles. The molecule has 0 aromatic heterocycles. The van der Waals surface area contributed by atoms with Gasteiger partial charge in [0.15, 0.2) is 0 Å². The zero-order valence-electron chi connectivity index (χ0n) is 9.95. The van der Waals surface area contributed by atoms with Crippen LogP contribution >= 0.6 is 11.6 Å². The predicted molar refractivity (Wildman–Crippen MR) is 70.2 cm³/mol. The van der Waals surface area contributed by atoms with Crippen LogP contribution in [-0.4, -0.2) is 23.4 Å². The highest BCUT2D eigenvalue weighted by atomic mass is 35.5. The Morgan fingerprint density at radius 1 is 1.53 bits per heavy atom. The van der Waals surface area contributed by atoms with Gasteiger partial charge in [-0.2, -0.15) is 0 Å². The van der Waals surface area contributed by atoms with Crippen molar-refractivity contribution < 1.29 is 4.79 Å². The van der Waals surface area contributed by atoms with E-state index in [1.165, 1.54) is 0 Å². The van der Waals surface area contributed by atoms with E-state index in [2.05, 4.69) is 6.92 Å². The first-order chi connectivity index (χ1) is 8.13. The van der Waals surface area contributed by atoms with Crippen LogP contribution in [0.4, 0.5) is 5.69 Å². The second-order valence-electron chi connectivity index (χ2n) is 4.47. The van der Waals surface area contributed by atoms with E-state index in [0.717, 1.165) is 25.8 Å². The fourth-order valence-corrected chi connectivity index (χ4v) is 2.21. The fourth-order valence-electron chi connectivity index (χ4n) is 1.94. The average molecular weight is 253 g/mol. The van der Waals surface area contributed by atoms with Crippen molar-refractivity contribution in [3.63, 3.8) is 0 Å². The SMILES string of the molecule is CCCN(C(=O)c1ccc(N)cc1Cl)C1CC1. The van der Waals surface area contributed by atoms with Gasteiger partial charge in [0.05, 0.1) is 10.6 Å². The number of halogens is 1. The molecule has 1 fully saturated rings. The first-order valence-electron chi connectivity index (χ1n) is 5.99. The van der Waals surface area contributed by atoms with Gasteiger partial charge >= 0.3 is 0 Å². The Kier molecular flexibility index (Phi) is 3.57. The number of hydrogen-bond donors (Lipinski definition) is 1. The topological polar surface area (TPSA) is 46.3 Å². The van der Waals surface area contributed by atoms with Crippen LogP contribution in [0.25, 0.3) is 0 Å². The predicted octanol–water partition coefficient (Wildman–Crippen LogP) is 2.94. The molecule has 1 aromatic rings. The molecule has 0 aliphatic heterocycles. The Balaban J connectivity index is 2.22. The standard InChI is InChI=1S/C13H17ClN2O/c1-2-7-16(10-4-5-10)13(17)11-6-3-9(15)8-12(11)14/h3,6,8,10H,2,4-5,7,15H2,1H3. The lowest BCUT2D eigenvalue weighted by molar-refractivity contribution is 0.0743. The van der Waals surface area contributed by atoms with Crippen molar-refractivity contribution in [3.8, 4) is 0 Å². The minimum absolute atomic E-state index is 0.0272. The third-order valence-corrected chi connectivity index (χ3v) is 3.25. The number of carbonyl (C=O) groups excluding carboxylic acids is 1. The lowest BCUT2D eigenvalue weighted by Crippen LogP contribution is -2.33. The van der Waals surface area contributed by atoms with E-state index in [0.29, 0.717) is 22.3 Å². The van der Waals surface area contributed by atoms with Crippen molar-refractivity contribution in [2.45, 2.75) is 32.2 Å². The quantitative estimate of drug-likeness (QED) is 0.838. The Morgan fingerprint density at radius 2 is 2.24 bits per heavy atom. The van der Waals surface area contributed by atoms with Gasteiger partial charge in [-0.15, -0.1) is 0 Å². The van der Waals surface area contributed by atoms with Gasteiger partial charge < -0.3 is 10.6 Å². The van der Waals surface area contributed by atoms with Crippen molar-refractivity contribution >= 4 is 23.2 Å². The van der Waals surface area contributed by atoms with E-state index in [9.17, 15) is 4.79 Å². The first-order valence-corrected chi connectivity index (χ1v) is 6.37. The highest BCUT2D eigenvalue weighted by Gasteiger charge is 2.32. The number of hydrogen-bond acceptors (Lipinski definition) is 2. The monoisotopic (exact) mass is 252 g/mol. The van der Waals surface area contributed by atoms with Crippen LogP contribution in [0.1, 0.15) is 36.5 Å². The van der Waals surface area contributed by atoms with E-state index >= 15 is 0 Å². The fraction of sp³-hybridized carbons (Fsp3) is 0.462. The summed E-state index contributed by atoms with van der Waals surface area (Å²) in [6.07, 6.45) is 3.19. The van der Waals surface area contributed by atoms with Crippen LogP contribution < -0.4 is 5.73 Å². The third kappa shape index (κ3) is 2.72. The van der Waals surface area contributed by atoms with Gasteiger partial charge in [0, 0.05) is 18.3 Å². The number of nitrogens with two attached hydrogens (primary N) is 1. The first kappa shape index (κ1) is 12.2. The van der Waals surface area contributed by atoms with Gasteiger partial charge in [-0.05, 0) is 37.5 Å². The third-order valence-electron chi connectivity index (χ3n) is 2.94. The number of amides is 1. The Bertz CT molecular complexity index is 429. The van der Waals surface area contributed by atoms with Crippen molar-refractivity contribution in [2.24, 2.45) is 0 Å². The molecule has 17 heavy (non-hydrogen) atoms. The molecule has 2 N–H and O–H groups in total. The van der Waals surface area contributed by atoms with Crippen LogP contribution in [0.3, 0.4) is 0 Å². The van der Waals surface area contributed by atoms with Crippen LogP contribution in [0, 0.1) is 0 Å². The molecule has 1 saturated carbocycles. The van der Waals surface area contributed by atoms with Crippen molar-refractivity contribution in [1.29, 1.82) is 0 Å². The van der Waals surface area contributed by atoms with Gasteiger partial charge in [0.1, 0.15) is 0 Å². The number of rotatable bonds is 4. The average Bonchev–Trinajstić information content (AvgIpc) is 3.09. The summed E-state index contributed by atoms with van der Waals surface area (Å²) >= 11 is 6.07. The minimum Gasteiger partial charge on any atom is -0.399 e. The maximum absolute atomic E-state index is 12.3. The van der Waals surface area contributed by atoms with Gasteiger partial charge in [0.25, 0.3) is 5.91 Å². The molecule has 2 rings (SSSR count). The summed E-state index contributed by atoms with van der Waals surface area (Å²) in [5.41, 5.74) is 6.77. The summed E-state index contributed by atoms with van der Waals surface area (Å²) in [4.78, 5) is 14.3. The van der Waals surface area contributed by atoms with Gasteiger partial charge in [-0.1, -0.05) is 18.5 Å². The molecule has 1 aromatic carbocycles. The molecular weight excluding hydrogens is 236 g/mol. The van der Waals surface area contributed by atoms with Crippen molar-refractivity contribution in [3.05, 3.63) is 28.8 Å². The van der Waals surface area contributed by atoms with Gasteiger partial charge in [0.2, 0.25) is 0 Å². The molecule has 4 heteroatoms. The highest BCUT2D eigenvalue weighted by Crippen LogP contribution is 2.30. The second-order valence-corrected chi connectivity index (χ2v) is 4.88. The van der Waals surface area contributed by atoms with Crippen LogP contribution in [0.2, 0.25) is 5.02 Å². The molecule has 0 bridgehead atoms. The molecule has 0 radical (unpaired) electrons.